The maximum atomic E-state index is 13.2. The number of aliphatic hydroxyl groups is 1. The van der Waals surface area contributed by atoms with Crippen LogP contribution >= 0.6 is 0 Å². The number of ether oxygens (including phenoxy) is 1. The first kappa shape index (κ1) is 27.8. The molecular formula is C31H44N2O3. The summed E-state index contributed by atoms with van der Waals surface area (Å²) in [6, 6.07) is 14.6. The molecule has 0 bridgehead atoms. The first-order chi connectivity index (χ1) is 17.6. The summed E-state index contributed by atoms with van der Waals surface area (Å²) in [6.45, 7) is 2.87. The fourth-order valence-corrected chi connectivity index (χ4v) is 4.83. The molecule has 1 unspecified atom stereocenters. The van der Waals surface area contributed by atoms with Gasteiger partial charge in [0, 0.05) is 23.2 Å². The monoisotopic (exact) mass is 492 g/mol. The number of anilines is 1. The van der Waals surface area contributed by atoms with Crippen molar-refractivity contribution in [2.45, 2.75) is 96.0 Å². The molecule has 5 nitrogen and oxygen atoms in total. The predicted molar refractivity (Wildman–Crippen MR) is 149 cm³/mol. The SMILES string of the molecule is CCCCCCCCCCCCCCOc1ccccc1NC(=O)C1(O)CC=C(N)c2ccccc21. The second-order valence-corrected chi connectivity index (χ2v) is 9.96. The molecule has 1 aliphatic carbocycles. The molecule has 3 rings (SSSR count). The number of carbonyl (C=O) groups is 1. The minimum Gasteiger partial charge on any atom is -0.491 e. The van der Waals surface area contributed by atoms with E-state index in [9.17, 15) is 9.90 Å². The summed E-state index contributed by atoms with van der Waals surface area (Å²) in [5, 5.41) is 14.2. The molecule has 4 N–H and O–H groups in total. The van der Waals surface area contributed by atoms with Crippen LogP contribution < -0.4 is 15.8 Å². The highest BCUT2D eigenvalue weighted by Gasteiger charge is 2.41. The number of carbonyl (C=O) groups excluding carboxylic acids is 1. The molecular weight excluding hydrogens is 448 g/mol. The van der Waals surface area contributed by atoms with E-state index in [1.165, 1.54) is 64.2 Å². The average Bonchev–Trinajstić information content (AvgIpc) is 2.90. The summed E-state index contributed by atoms with van der Waals surface area (Å²) in [5.74, 6) is 0.136. The van der Waals surface area contributed by atoms with E-state index in [0.717, 1.165) is 12.8 Å². The molecule has 0 aromatic heterocycles. The van der Waals surface area contributed by atoms with Gasteiger partial charge in [-0.15, -0.1) is 0 Å². The Bertz CT molecular complexity index is 987. The van der Waals surface area contributed by atoms with Crippen LogP contribution in [-0.2, 0) is 10.4 Å². The molecule has 0 heterocycles. The molecule has 0 aliphatic heterocycles. The van der Waals surface area contributed by atoms with Gasteiger partial charge in [-0.05, 0) is 18.6 Å². The largest absolute Gasteiger partial charge is 0.491 e. The number of rotatable bonds is 16. The molecule has 0 saturated carbocycles. The van der Waals surface area contributed by atoms with Gasteiger partial charge in [-0.2, -0.15) is 0 Å². The van der Waals surface area contributed by atoms with E-state index in [1.54, 1.807) is 24.3 Å². The average molecular weight is 493 g/mol. The maximum Gasteiger partial charge on any atom is 0.261 e. The van der Waals surface area contributed by atoms with Crippen LogP contribution in [0.5, 0.6) is 5.75 Å². The van der Waals surface area contributed by atoms with Gasteiger partial charge in [-0.25, -0.2) is 0 Å². The van der Waals surface area contributed by atoms with Gasteiger partial charge in [0.15, 0.2) is 5.60 Å². The topological polar surface area (TPSA) is 84.6 Å². The summed E-state index contributed by atoms with van der Waals surface area (Å²) < 4.78 is 6.01. The van der Waals surface area contributed by atoms with Gasteiger partial charge in [0.1, 0.15) is 5.75 Å². The first-order valence-electron chi connectivity index (χ1n) is 13.9. The summed E-state index contributed by atoms with van der Waals surface area (Å²) in [6.07, 6.45) is 17.4. The predicted octanol–water partition coefficient (Wildman–Crippen LogP) is 7.30. The van der Waals surface area contributed by atoms with Gasteiger partial charge in [0.05, 0.1) is 12.3 Å². The van der Waals surface area contributed by atoms with Crippen molar-refractivity contribution in [3.63, 3.8) is 0 Å². The minimum atomic E-state index is -1.68. The Labute approximate surface area is 217 Å². The van der Waals surface area contributed by atoms with E-state index in [-0.39, 0.29) is 6.42 Å². The van der Waals surface area contributed by atoms with E-state index in [0.29, 0.717) is 34.9 Å². The number of nitrogens with one attached hydrogen (secondary N) is 1. The second-order valence-electron chi connectivity index (χ2n) is 9.96. The second kappa shape index (κ2) is 14.7. The highest BCUT2D eigenvalue weighted by atomic mass is 16.5. The molecule has 2 aromatic carbocycles. The lowest BCUT2D eigenvalue weighted by atomic mass is 9.81. The third-order valence-corrected chi connectivity index (χ3v) is 7.07. The summed E-state index contributed by atoms with van der Waals surface area (Å²) in [5.41, 5.74) is 6.76. The van der Waals surface area contributed by atoms with Crippen molar-refractivity contribution in [2.75, 3.05) is 11.9 Å². The molecule has 0 spiro atoms. The fraction of sp³-hybridized carbons (Fsp3) is 0.516. The van der Waals surface area contributed by atoms with Gasteiger partial charge < -0.3 is 20.9 Å². The smallest absolute Gasteiger partial charge is 0.261 e. The summed E-state index contributed by atoms with van der Waals surface area (Å²) in [4.78, 5) is 13.2. The Balaban J connectivity index is 1.40. The Hall–Kier alpha value is -2.79. The van der Waals surface area contributed by atoms with Crippen molar-refractivity contribution in [1.29, 1.82) is 0 Å². The van der Waals surface area contributed by atoms with Crippen molar-refractivity contribution in [1.82, 2.24) is 0 Å². The quantitative estimate of drug-likeness (QED) is 0.215. The zero-order valence-electron chi connectivity index (χ0n) is 21.9. The number of hydrogen-bond donors (Lipinski definition) is 3. The summed E-state index contributed by atoms with van der Waals surface area (Å²) >= 11 is 0. The molecule has 5 heteroatoms. The number of benzene rings is 2. The van der Waals surface area contributed by atoms with Crippen molar-refractivity contribution in [2.24, 2.45) is 5.73 Å². The zero-order valence-corrected chi connectivity index (χ0v) is 21.9. The molecule has 196 valence electrons. The van der Waals surface area contributed by atoms with Crippen LogP contribution in [0.4, 0.5) is 5.69 Å². The lowest BCUT2D eigenvalue weighted by Crippen LogP contribution is -2.42. The van der Waals surface area contributed by atoms with E-state index in [2.05, 4.69) is 12.2 Å². The lowest BCUT2D eigenvalue weighted by molar-refractivity contribution is -0.134. The number of hydrogen-bond acceptors (Lipinski definition) is 4. The zero-order chi connectivity index (χ0) is 25.6. The third kappa shape index (κ3) is 7.86. The van der Waals surface area contributed by atoms with Crippen LogP contribution in [0.15, 0.2) is 54.6 Å². The first-order valence-corrected chi connectivity index (χ1v) is 13.9. The molecule has 0 saturated heterocycles. The summed E-state index contributed by atoms with van der Waals surface area (Å²) in [7, 11) is 0. The van der Waals surface area contributed by atoms with Crippen LogP contribution in [0.3, 0.4) is 0 Å². The van der Waals surface area contributed by atoms with Crippen LogP contribution in [0.2, 0.25) is 0 Å². The van der Waals surface area contributed by atoms with Crippen molar-refractivity contribution < 1.29 is 14.6 Å². The molecule has 0 radical (unpaired) electrons. The van der Waals surface area contributed by atoms with E-state index in [1.807, 2.05) is 30.3 Å². The fourth-order valence-electron chi connectivity index (χ4n) is 4.83. The van der Waals surface area contributed by atoms with Crippen molar-refractivity contribution in [3.8, 4) is 5.75 Å². The van der Waals surface area contributed by atoms with E-state index in [4.69, 9.17) is 10.5 Å². The standard InChI is InChI=1S/C31H44N2O3/c1-2-3-4-5-6-7-8-9-10-11-12-17-24-36-29-21-16-15-20-28(29)33-30(34)31(35)23-22-27(32)25-18-13-14-19-26(25)31/h13-16,18-22,35H,2-12,17,23-24,32H2,1H3,(H,33,34). The van der Waals surface area contributed by atoms with Gasteiger partial charge in [0.2, 0.25) is 0 Å². The highest BCUT2D eigenvalue weighted by molar-refractivity contribution is 6.00. The Morgan fingerprint density at radius 2 is 1.47 bits per heavy atom. The molecule has 1 amide bonds. The van der Waals surface area contributed by atoms with Gasteiger partial charge in [0.25, 0.3) is 5.91 Å². The van der Waals surface area contributed by atoms with E-state index >= 15 is 0 Å². The number of nitrogens with two attached hydrogens (primary N) is 1. The van der Waals surface area contributed by atoms with Crippen LogP contribution in [-0.4, -0.2) is 17.6 Å². The third-order valence-electron chi connectivity index (χ3n) is 7.07. The normalized spacial score (nSPS) is 16.8. The van der Waals surface area contributed by atoms with Gasteiger partial charge in [-0.1, -0.05) is 120 Å². The minimum absolute atomic E-state index is 0.129. The Morgan fingerprint density at radius 3 is 2.17 bits per heavy atom. The number of unbranched alkanes of at least 4 members (excludes halogenated alkanes) is 11. The van der Waals surface area contributed by atoms with Crippen LogP contribution in [0.25, 0.3) is 5.70 Å². The lowest BCUT2D eigenvalue weighted by Gasteiger charge is -2.32. The van der Waals surface area contributed by atoms with E-state index < -0.39 is 11.5 Å². The van der Waals surface area contributed by atoms with Gasteiger partial charge in [-0.3, -0.25) is 4.79 Å². The number of fused-ring (bicyclic) bond motifs is 1. The molecule has 2 aromatic rings. The molecule has 1 atom stereocenters. The maximum absolute atomic E-state index is 13.2. The Morgan fingerprint density at radius 1 is 0.889 bits per heavy atom. The van der Waals surface area contributed by atoms with Crippen molar-refractivity contribution in [3.05, 3.63) is 65.7 Å². The highest BCUT2D eigenvalue weighted by Crippen LogP contribution is 2.37. The molecule has 36 heavy (non-hydrogen) atoms. The number of amides is 1. The van der Waals surface area contributed by atoms with Gasteiger partial charge >= 0.3 is 0 Å². The number of para-hydroxylation sites is 2. The Kier molecular flexibility index (Phi) is 11.3. The molecule has 0 fully saturated rings. The van der Waals surface area contributed by atoms with Crippen LogP contribution in [0, 0.1) is 0 Å². The molecule has 1 aliphatic rings. The van der Waals surface area contributed by atoms with Crippen LogP contribution in [0.1, 0.15) is 102 Å². The van der Waals surface area contributed by atoms with Crippen molar-refractivity contribution >= 4 is 17.3 Å².